The van der Waals surface area contributed by atoms with Gasteiger partial charge >= 0.3 is 0 Å². The Balaban J connectivity index is 2.22. The maximum absolute atomic E-state index is 12.2. The Morgan fingerprint density at radius 2 is 2.15 bits per heavy atom. The Labute approximate surface area is 124 Å². The summed E-state index contributed by atoms with van der Waals surface area (Å²) in [5.41, 5.74) is 1.30. The maximum Gasteiger partial charge on any atom is 0.170 e. The summed E-state index contributed by atoms with van der Waals surface area (Å²) < 4.78 is 0.0240. The fraction of sp³-hybridized carbons (Fsp3) is 0.625. The average molecular weight is 294 g/mol. The Morgan fingerprint density at radius 3 is 2.65 bits per heavy atom. The van der Waals surface area contributed by atoms with Gasteiger partial charge in [0.25, 0.3) is 0 Å². The number of allylic oxidation sites excluding steroid dienone is 2. The molecule has 1 heterocycles. The van der Waals surface area contributed by atoms with Crippen molar-refractivity contribution >= 4 is 23.3 Å². The molecular formula is C16H22O3S. The Hall–Kier alpha value is -1.03. The summed E-state index contributed by atoms with van der Waals surface area (Å²) in [5, 5.41) is 10.1. The van der Waals surface area contributed by atoms with E-state index in [2.05, 4.69) is 19.9 Å². The molecule has 0 amide bonds. The second kappa shape index (κ2) is 5.76. The van der Waals surface area contributed by atoms with Gasteiger partial charge in [-0.15, -0.1) is 11.8 Å². The van der Waals surface area contributed by atoms with Gasteiger partial charge in [-0.2, -0.15) is 0 Å². The minimum absolute atomic E-state index is 0.00157. The number of Topliss-reactive ketones (excluding diaryl/α,β-unsaturated/α-hetero) is 2. The van der Waals surface area contributed by atoms with Crippen LogP contribution in [0.2, 0.25) is 0 Å². The van der Waals surface area contributed by atoms with E-state index in [1.165, 1.54) is 5.57 Å². The van der Waals surface area contributed by atoms with Crippen LogP contribution in [0, 0.1) is 5.92 Å². The fourth-order valence-corrected chi connectivity index (χ4v) is 4.21. The van der Waals surface area contributed by atoms with E-state index < -0.39 is 0 Å². The van der Waals surface area contributed by atoms with Crippen molar-refractivity contribution in [3.05, 3.63) is 23.0 Å². The highest BCUT2D eigenvalue weighted by atomic mass is 32.2. The Kier molecular flexibility index (Phi) is 4.43. The van der Waals surface area contributed by atoms with E-state index in [1.807, 2.05) is 18.7 Å². The van der Waals surface area contributed by atoms with Gasteiger partial charge in [0.2, 0.25) is 0 Å². The molecule has 3 nitrogen and oxygen atoms in total. The van der Waals surface area contributed by atoms with Crippen molar-refractivity contribution < 1.29 is 14.7 Å². The van der Waals surface area contributed by atoms with Crippen LogP contribution >= 0.6 is 11.8 Å². The molecule has 0 fully saturated rings. The molecule has 2 aliphatic rings. The van der Waals surface area contributed by atoms with Gasteiger partial charge in [-0.3, -0.25) is 9.59 Å². The normalized spacial score (nSPS) is 25.9. The van der Waals surface area contributed by atoms with Crippen molar-refractivity contribution in [2.24, 2.45) is 5.92 Å². The molecule has 2 rings (SSSR count). The van der Waals surface area contributed by atoms with Gasteiger partial charge in [-0.25, -0.2) is 0 Å². The summed E-state index contributed by atoms with van der Waals surface area (Å²) in [6.07, 6.45) is 3.98. The van der Waals surface area contributed by atoms with E-state index in [-0.39, 0.29) is 33.6 Å². The van der Waals surface area contributed by atoms with Crippen LogP contribution in [0.15, 0.2) is 23.0 Å². The number of thioether (sulfide) groups is 1. The number of hydrogen-bond donors (Lipinski definition) is 1. The van der Waals surface area contributed by atoms with Crippen LogP contribution in [0.25, 0.3) is 0 Å². The molecule has 0 spiro atoms. The third kappa shape index (κ3) is 2.85. The Morgan fingerprint density at radius 1 is 1.45 bits per heavy atom. The zero-order valence-electron chi connectivity index (χ0n) is 12.4. The second-order valence-electron chi connectivity index (χ2n) is 6.00. The van der Waals surface area contributed by atoms with Gasteiger partial charge in [-0.1, -0.05) is 18.6 Å². The van der Waals surface area contributed by atoms with Crippen LogP contribution in [-0.2, 0) is 9.59 Å². The summed E-state index contributed by atoms with van der Waals surface area (Å²) >= 11 is 1.85. The standard InChI is InChI=1S/C16H22O3S/c1-4-5-12(17)15-13(18)8-10(9-14(15)19)11-6-7-20-16(11,2)3/h6,10,18H,4-5,7-9H2,1-3H3. The minimum atomic E-state index is -0.206. The number of carbonyl (C=O) groups excluding carboxylic acids is 2. The molecule has 0 aromatic rings. The molecule has 0 radical (unpaired) electrons. The van der Waals surface area contributed by atoms with Crippen molar-refractivity contribution in [1.29, 1.82) is 0 Å². The number of ketones is 2. The van der Waals surface area contributed by atoms with Gasteiger partial charge in [0.05, 0.1) is 5.57 Å². The first kappa shape index (κ1) is 15.4. The first-order valence-corrected chi connectivity index (χ1v) is 8.18. The van der Waals surface area contributed by atoms with E-state index in [9.17, 15) is 14.7 Å². The highest BCUT2D eigenvalue weighted by Gasteiger charge is 2.39. The SMILES string of the molecule is CCCC(=O)C1=C(O)CC(C2=CCSC2(C)C)CC1=O. The van der Waals surface area contributed by atoms with Crippen molar-refractivity contribution in [1.82, 2.24) is 0 Å². The number of hydrogen-bond acceptors (Lipinski definition) is 4. The molecule has 0 aromatic heterocycles. The summed E-state index contributed by atoms with van der Waals surface area (Å²) in [6, 6.07) is 0. The van der Waals surface area contributed by atoms with Gasteiger partial charge in [0.1, 0.15) is 5.76 Å². The summed E-state index contributed by atoms with van der Waals surface area (Å²) in [5.74, 6) is 0.608. The van der Waals surface area contributed by atoms with E-state index in [0.717, 1.165) is 5.75 Å². The molecule has 0 bridgehead atoms. The second-order valence-corrected chi connectivity index (χ2v) is 7.65. The largest absolute Gasteiger partial charge is 0.511 e. The van der Waals surface area contributed by atoms with E-state index in [4.69, 9.17) is 0 Å². The monoisotopic (exact) mass is 294 g/mol. The lowest BCUT2D eigenvalue weighted by Gasteiger charge is -2.31. The van der Waals surface area contributed by atoms with Crippen LogP contribution < -0.4 is 0 Å². The Bertz CT molecular complexity index is 500. The number of carbonyl (C=O) groups is 2. The molecule has 1 aliphatic heterocycles. The predicted molar refractivity (Wildman–Crippen MR) is 81.9 cm³/mol. The van der Waals surface area contributed by atoms with Crippen molar-refractivity contribution in [2.45, 2.75) is 51.2 Å². The first-order valence-electron chi connectivity index (χ1n) is 7.19. The molecule has 0 aromatic carbocycles. The molecule has 110 valence electrons. The smallest absolute Gasteiger partial charge is 0.170 e. The van der Waals surface area contributed by atoms with Gasteiger partial charge in [0.15, 0.2) is 11.6 Å². The quantitative estimate of drug-likeness (QED) is 0.636. The lowest BCUT2D eigenvalue weighted by Crippen LogP contribution is -2.29. The highest BCUT2D eigenvalue weighted by Crippen LogP contribution is 2.46. The van der Waals surface area contributed by atoms with Gasteiger partial charge in [-0.05, 0) is 26.2 Å². The lowest BCUT2D eigenvalue weighted by atomic mass is 9.77. The molecule has 1 atom stereocenters. The van der Waals surface area contributed by atoms with Crippen LogP contribution in [-0.4, -0.2) is 27.2 Å². The molecule has 0 saturated carbocycles. The number of aliphatic hydroxyl groups is 1. The van der Waals surface area contributed by atoms with Crippen LogP contribution in [0.1, 0.15) is 46.5 Å². The van der Waals surface area contributed by atoms with Crippen LogP contribution in [0.4, 0.5) is 0 Å². The van der Waals surface area contributed by atoms with Crippen molar-refractivity contribution in [3.63, 3.8) is 0 Å². The molecule has 4 heteroatoms. The highest BCUT2D eigenvalue weighted by molar-refractivity contribution is 8.01. The fourth-order valence-electron chi connectivity index (χ4n) is 3.11. The zero-order chi connectivity index (χ0) is 14.9. The third-order valence-corrected chi connectivity index (χ3v) is 5.37. The lowest BCUT2D eigenvalue weighted by molar-refractivity contribution is -0.122. The number of rotatable bonds is 4. The van der Waals surface area contributed by atoms with Gasteiger partial charge in [0, 0.05) is 29.8 Å². The average Bonchev–Trinajstić information content (AvgIpc) is 2.68. The van der Waals surface area contributed by atoms with Crippen LogP contribution in [0.5, 0.6) is 0 Å². The summed E-state index contributed by atoms with van der Waals surface area (Å²) in [6.45, 7) is 6.20. The molecule has 1 unspecified atom stereocenters. The maximum atomic E-state index is 12.2. The van der Waals surface area contributed by atoms with Crippen molar-refractivity contribution in [3.8, 4) is 0 Å². The molecule has 20 heavy (non-hydrogen) atoms. The van der Waals surface area contributed by atoms with Crippen LogP contribution in [0.3, 0.4) is 0 Å². The van der Waals surface area contributed by atoms with Crippen molar-refractivity contribution in [2.75, 3.05) is 5.75 Å². The first-order chi connectivity index (χ1) is 9.36. The minimum Gasteiger partial charge on any atom is -0.511 e. The predicted octanol–water partition coefficient (Wildman–Crippen LogP) is 3.60. The molecule has 1 N–H and O–H groups in total. The third-order valence-electron chi connectivity index (χ3n) is 4.08. The zero-order valence-corrected chi connectivity index (χ0v) is 13.2. The summed E-state index contributed by atoms with van der Waals surface area (Å²) in [4.78, 5) is 24.1. The number of aliphatic hydroxyl groups excluding tert-OH is 1. The molecular weight excluding hydrogens is 272 g/mol. The topological polar surface area (TPSA) is 54.4 Å². The van der Waals surface area contributed by atoms with E-state index in [0.29, 0.717) is 25.7 Å². The molecule has 1 aliphatic carbocycles. The van der Waals surface area contributed by atoms with E-state index >= 15 is 0 Å². The summed E-state index contributed by atoms with van der Waals surface area (Å²) in [7, 11) is 0. The van der Waals surface area contributed by atoms with Gasteiger partial charge < -0.3 is 5.11 Å². The van der Waals surface area contributed by atoms with E-state index in [1.54, 1.807) is 0 Å². The molecule has 0 saturated heterocycles.